The van der Waals surface area contributed by atoms with E-state index in [4.69, 9.17) is 9.47 Å². The first-order valence-corrected chi connectivity index (χ1v) is 10.1. The minimum absolute atomic E-state index is 0.222. The molecule has 0 radical (unpaired) electrons. The van der Waals surface area contributed by atoms with Crippen molar-refractivity contribution in [2.45, 2.75) is 13.5 Å². The van der Waals surface area contributed by atoms with E-state index >= 15 is 0 Å². The predicted octanol–water partition coefficient (Wildman–Crippen LogP) is 3.46. The molecule has 0 spiro atoms. The van der Waals surface area contributed by atoms with Crippen molar-refractivity contribution in [3.05, 3.63) is 95.1 Å². The minimum Gasteiger partial charge on any atom is -0.496 e. The smallest absolute Gasteiger partial charge is 0.259 e. The van der Waals surface area contributed by atoms with Gasteiger partial charge in [0.25, 0.3) is 11.8 Å². The lowest BCUT2D eigenvalue weighted by atomic mass is 10.1. The summed E-state index contributed by atoms with van der Waals surface area (Å²) in [5, 5.41) is 6.52. The average molecular weight is 431 g/mol. The number of nitrogens with zero attached hydrogens (tertiary/aromatic N) is 1. The minimum atomic E-state index is -0.456. The summed E-state index contributed by atoms with van der Waals surface area (Å²) in [6.07, 6.45) is 1.50. The molecule has 3 aromatic rings. The molecule has 7 nitrogen and oxygen atoms in total. The van der Waals surface area contributed by atoms with Crippen LogP contribution in [0.1, 0.15) is 27.0 Å². The third-order valence-corrected chi connectivity index (χ3v) is 4.59. The number of rotatable bonds is 9. The summed E-state index contributed by atoms with van der Waals surface area (Å²) in [5.74, 6) is 0.222. The summed E-state index contributed by atoms with van der Waals surface area (Å²) in [6.45, 7) is 2.24. The van der Waals surface area contributed by atoms with Crippen molar-refractivity contribution in [2.75, 3.05) is 13.7 Å². The standard InChI is InChI=1S/C25H25N3O4/c1-18-11-13-19(14-12-18)17-32-22-9-5-3-7-20(22)15-27-28-24(29)16-26-25(30)21-8-4-6-10-23(21)31-2/h3-15H,16-17H2,1-2H3,(H,26,30)(H,28,29). The molecule has 0 bridgehead atoms. The summed E-state index contributed by atoms with van der Waals surface area (Å²) in [4.78, 5) is 24.3. The molecule has 7 heteroatoms. The van der Waals surface area contributed by atoms with Crippen LogP contribution in [0.5, 0.6) is 11.5 Å². The molecular formula is C25H25N3O4. The van der Waals surface area contributed by atoms with Gasteiger partial charge in [0.2, 0.25) is 0 Å². The zero-order chi connectivity index (χ0) is 22.8. The van der Waals surface area contributed by atoms with Crippen molar-refractivity contribution in [2.24, 2.45) is 5.10 Å². The Balaban J connectivity index is 1.51. The van der Waals surface area contributed by atoms with E-state index in [0.717, 1.165) is 11.1 Å². The van der Waals surface area contributed by atoms with Crippen LogP contribution in [0.15, 0.2) is 77.9 Å². The van der Waals surface area contributed by atoms with Crippen LogP contribution in [0.3, 0.4) is 0 Å². The first-order valence-electron chi connectivity index (χ1n) is 10.1. The average Bonchev–Trinajstić information content (AvgIpc) is 2.83. The Morgan fingerprint density at radius 1 is 0.938 bits per heavy atom. The summed E-state index contributed by atoms with van der Waals surface area (Å²) < 4.78 is 11.1. The number of aryl methyl sites for hydroxylation is 1. The van der Waals surface area contributed by atoms with Gasteiger partial charge in [0.1, 0.15) is 18.1 Å². The van der Waals surface area contributed by atoms with Gasteiger partial charge in [-0.1, -0.05) is 54.1 Å². The summed E-state index contributed by atoms with van der Waals surface area (Å²) >= 11 is 0. The third kappa shape index (κ3) is 6.43. The van der Waals surface area contributed by atoms with Gasteiger partial charge in [-0.2, -0.15) is 5.10 Å². The zero-order valence-electron chi connectivity index (χ0n) is 18.0. The molecule has 2 N–H and O–H groups in total. The van der Waals surface area contributed by atoms with Crippen molar-refractivity contribution in [3.8, 4) is 11.5 Å². The third-order valence-electron chi connectivity index (χ3n) is 4.59. The Hall–Kier alpha value is -4.13. The Morgan fingerprint density at radius 3 is 2.38 bits per heavy atom. The molecule has 0 aromatic heterocycles. The number of ether oxygens (including phenoxy) is 2. The number of carbonyl (C=O) groups excluding carboxylic acids is 2. The van der Waals surface area contributed by atoms with Gasteiger partial charge in [-0.05, 0) is 36.8 Å². The molecule has 3 rings (SSSR count). The molecule has 0 aliphatic rings. The number of para-hydroxylation sites is 2. The summed E-state index contributed by atoms with van der Waals surface area (Å²) in [5.41, 5.74) is 5.72. The number of benzene rings is 3. The molecule has 0 fully saturated rings. The second-order valence-electron chi connectivity index (χ2n) is 6.99. The van der Waals surface area contributed by atoms with Gasteiger partial charge >= 0.3 is 0 Å². The molecule has 3 aromatic carbocycles. The number of hydrogen-bond donors (Lipinski definition) is 2. The molecule has 164 valence electrons. The van der Waals surface area contributed by atoms with E-state index in [-0.39, 0.29) is 6.54 Å². The van der Waals surface area contributed by atoms with E-state index in [0.29, 0.717) is 23.7 Å². The van der Waals surface area contributed by atoms with Crippen LogP contribution in [0.25, 0.3) is 0 Å². The van der Waals surface area contributed by atoms with Crippen LogP contribution >= 0.6 is 0 Å². The lowest BCUT2D eigenvalue weighted by Gasteiger charge is -2.09. The molecule has 32 heavy (non-hydrogen) atoms. The highest BCUT2D eigenvalue weighted by molar-refractivity contribution is 5.98. The Kier molecular flexibility index (Phi) is 7.97. The summed E-state index contributed by atoms with van der Waals surface area (Å²) in [6, 6.07) is 22.3. The lowest BCUT2D eigenvalue weighted by molar-refractivity contribution is -0.120. The maximum atomic E-state index is 12.3. The molecule has 0 heterocycles. The van der Waals surface area contributed by atoms with Gasteiger partial charge in [-0.3, -0.25) is 9.59 Å². The summed E-state index contributed by atoms with van der Waals surface area (Å²) in [7, 11) is 1.48. The first kappa shape index (κ1) is 22.6. The fourth-order valence-electron chi connectivity index (χ4n) is 2.87. The molecule has 0 aliphatic carbocycles. The number of carbonyl (C=O) groups is 2. The molecule has 0 aliphatic heterocycles. The first-order chi connectivity index (χ1) is 15.6. The van der Waals surface area contributed by atoms with Crippen molar-refractivity contribution >= 4 is 18.0 Å². The van der Waals surface area contributed by atoms with Crippen LogP contribution in [0.2, 0.25) is 0 Å². The van der Waals surface area contributed by atoms with Crippen LogP contribution < -0.4 is 20.2 Å². The molecular weight excluding hydrogens is 406 g/mol. The van der Waals surface area contributed by atoms with Gasteiger partial charge < -0.3 is 14.8 Å². The highest BCUT2D eigenvalue weighted by Gasteiger charge is 2.12. The number of hydrazone groups is 1. The SMILES string of the molecule is COc1ccccc1C(=O)NCC(=O)NN=Cc1ccccc1OCc1ccc(C)cc1. The monoisotopic (exact) mass is 431 g/mol. The molecule has 0 saturated heterocycles. The maximum absolute atomic E-state index is 12.3. The Bertz CT molecular complexity index is 1090. The Labute approximate surface area is 187 Å². The van der Waals surface area contributed by atoms with E-state index in [1.807, 2.05) is 55.5 Å². The van der Waals surface area contributed by atoms with Gasteiger partial charge in [-0.25, -0.2) is 5.43 Å². The van der Waals surface area contributed by atoms with Crippen LogP contribution in [-0.4, -0.2) is 31.7 Å². The largest absolute Gasteiger partial charge is 0.496 e. The Morgan fingerprint density at radius 2 is 1.62 bits per heavy atom. The van der Waals surface area contributed by atoms with Gasteiger partial charge in [0, 0.05) is 5.56 Å². The van der Waals surface area contributed by atoms with Crippen molar-refractivity contribution < 1.29 is 19.1 Å². The predicted molar refractivity (Wildman–Crippen MR) is 123 cm³/mol. The van der Waals surface area contributed by atoms with E-state index in [2.05, 4.69) is 15.8 Å². The van der Waals surface area contributed by atoms with Gasteiger partial charge in [0.05, 0.1) is 25.4 Å². The number of amides is 2. The topological polar surface area (TPSA) is 89.0 Å². The van der Waals surface area contributed by atoms with Crippen LogP contribution in [-0.2, 0) is 11.4 Å². The van der Waals surface area contributed by atoms with Crippen LogP contribution in [0.4, 0.5) is 0 Å². The van der Waals surface area contributed by atoms with Crippen molar-refractivity contribution in [1.29, 1.82) is 0 Å². The fraction of sp³-hybridized carbons (Fsp3) is 0.160. The molecule has 2 amide bonds. The second-order valence-corrected chi connectivity index (χ2v) is 6.99. The number of methoxy groups -OCH3 is 1. The van der Waals surface area contributed by atoms with Crippen LogP contribution in [0, 0.1) is 6.92 Å². The highest BCUT2D eigenvalue weighted by atomic mass is 16.5. The van der Waals surface area contributed by atoms with Gasteiger partial charge in [-0.15, -0.1) is 0 Å². The second kappa shape index (κ2) is 11.3. The number of nitrogens with one attached hydrogen (secondary N) is 2. The zero-order valence-corrected chi connectivity index (χ0v) is 18.0. The fourth-order valence-corrected chi connectivity index (χ4v) is 2.87. The molecule has 0 atom stereocenters. The highest BCUT2D eigenvalue weighted by Crippen LogP contribution is 2.18. The molecule has 0 unspecified atom stereocenters. The quantitative estimate of drug-likeness (QED) is 0.401. The van der Waals surface area contributed by atoms with E-state index in [9.17, 15) is 9.59 Å². The lowest BCUT2D eigenvalue weighted by Crippen LogP contribution is -2.35. The van der Waals surface area contributed by atoms with E-state index < -0.39 is 11.8 Å². The van der Waals surface area contributed by atoms with E-state index in [1.165, 1.54) is 18.9 Å². The van der Waals surface area contributed by atoms with Crippen molar-refractivity contribution in [1.82, 2.24) is 10.7 Å². The van der Waals surface area contributed by atoms with E-state index in [1.54, 1.807) is 24.3 Å². The number of hydrogen-bond acceptors (Lipinski definition) is 5. The maximum Gasteiger partial charge on any atom is 0.259 e. The van der Waals surface area contributed by atoms with Gasteiger partial charge in [0.15, 0.2) is 0 Å². The normalized spacial score (nSPS) is 10.6. The molecule has 0 saturated carbocycles. The van der Waals surface area contributed by atoms with Crippen molar-refractivity contribution in [3.63, 3.8) is 0 Å².